The van der Waals surface area contributed by atoms with Crippen molar-refractivity contribution in [2.24, 2.45) is 0 Å². The van der Waals surface area contributed by atoms with Gasteiger partial charge < -0.3 is 0 Å². The monoisotopic (exact) mass is 242 g/mol. The fourth-order valence-electron chi connectivity index (χ4n) is 0.463. The minimum absolute atomic E-state index is 0. The van der Waals surface area contributed by atoms with Gasteiger partial charge in [0.15, 0.2) is 5.88 Å². The van der Waals surface area contributed by atoms with E-state index in [-0.39, 0.29) is 63.9 Å². The third kappa shape index (κ3) is 6.31. The number of aromatic nitrogens is 4. The quantitative estimate of drug-likeness (QED) is 0.304. The summed E-state index contributed by atoms with van der Waals surface area (Å²) in [6.07, 6.45) is 0. The molecule has 0 aromatic carbocycles. The van der Waals surface area contributed by atoms with Crippen molar-refractivity contribution in [1.82, 2.24) is 20.2 Å². The predicted octanol–water partition coefficient (Wildman–Crippen LogP) is -6.81. The van der Waals surface area contributed by atoms with Gasteiger partial charge in [-0.3, -0.25) is 4.55 Å². The second-order valence-corrected chi connectivity index (χ2v) is 3.51. The van der Waals surface area contributed by atoms with E-state index in [9.17, 15) is 8.42 Å². The van der Waals surface area contributed by atoms with Crippen molar-refractivity contribution in [2.75, 3.05) is 0 Å². The van der Waals surface area contributed by atoms with Crippen LogP contribution in [0.5, 0.6) is 0 Å². The van der Waals surface area contributed by atoms with Crippen LogP contribution in [0.4, 0.5) is 0 Å². The van der Waals surface area contributed by atoms with Crippen molar-refractivity contribution >= 4 is 22.3 Å². The van der Waals surface area contributed by atoms with Crippen molar-refractivity contribution in [3.05, 3.63) is 4.77 Å². The van der Waals surface area contributed by atoms with E-state index in [1.165, 1.54) is 0 Å². The molecule has 0 bridgehead atoms. The zero-order chi connectivity index (χ0) is 8.48. The second-order valence-electron chi connectivity index (χ2n) is 1.72. The summed E-state index contributed by atoms with van der Waals surface area (Å²) < 4.78 is 29.8. The molecular weight excluding hydrogens is 238 g/mol. The van der Waals surface area contributed by atoms with Crippen LogP contribution in [0.25, 0.3) is 0 Å². The van der Waals surface area contributed by atoms with Gasteiger partial charge in [-0.1, -0.05) is 10.3 Å². The number of nitrogens with one attached hydrogen (secondary N) is 1. The molecule has 1 heterocycles. The molecule has 11 heteroatoms. The third-order valence-corrected chi connectivity index (χ3v) is 1.71. The Morgan fingerprint density at radius 1 is 1.54 bits per heavy atom. The minimum atomic E-state index is -4.08. The standard InChI is InChI=1S/C2H4N4O3S2.2Na/c7-11(8,9)1-6-2(10)3-4-5-6;;/h1H2,(H,3,5,10)(H,7,8,9);;/q;2*+1. The number of rotatable bonds is 2. The average molecular weight is 242 g/mol. The number of nitrogens with zero attached hydrogens (tertiary/aromatic N) is 3. The van der Waals surface area contributed by atoms with Gasteiger partial charge >= 0.3 is 59.1 Å². The molecule has 0 amide bonds. The summed E-state index contributed by atoms with van der Waals surface area (Å²) >= 11 is 4.54. The van der Waals surface area contributed by atoms with E-state index in [2.05, 4.69) is 27.7 Å². The Kier molecular flexibility index (Phi) is 8.49. The first-order chi connectivity index (χ1) is 4.99. The molecule has 0 aliphatic heterocycles. The molecule has 2 N–H and O–H groups in total. The maximum absolute atomic E-state index is 10.3. The summed E-state index contributed by atoms with van der Waals surface area (Å²) in [6.45, 7) is 0. The summed E-state index contributed by atoms with van der Waals surface area (Å²) in [4.78, 5) is 0. The van der Waals surface area contributed by atoms with Crippen LogP contribution < -0.4 is 59.1 Å². The summed E-state index contributed by atoms with van der Waals surface area (Å²) in [5, 5.41) is 8.69. The fourth-order valence-corrected chi connectivity index (χ4v) is 1.20. The Morgan fingerprint density at radius 3 is 2.38 bits per heavy atom. The van der Waals surface area contributed by atoms with Gasteiger partial charge in [-0.25, -0.2) is 4.68 Å². The van der Waals surface area contributed by atoms with Crippen LogP contribution in [0.3, 0.4) is 0 Å². The summed E-state index contributed by atoms with van der Waals surface area (Å²) in [6, 6.07) is 0. The van der Waals surface area contributed by atoms with Crippen LogP contribution in [0, 0.1) is 4.77 Å². The van der Waals surface area contributed by atoms with E-state index in [0.29, 0.717) is 0 Å². The van der Waals surface area contributed by atoms with Crippen LogP contribution in [-0.4, -0.2) is 33.2 Å². The summed E-state index contributed by atoms with van der Waals surface area (Å²) in [7, 11) is -4.08. The topological polar surface area (TPSA) is 101 Å². The molecule has 0 aliphatic rings. The predicted molar refractivity (Wildman–Crippen MR) is 36.8 cm³/mol. The minimum Gasteiger partial charge on any atom is -0.284 e. The zero-order valence-corrected chi connectivity index (χ0v) is 12.8. The number of hydrogen-bond donors (Lipinski definition) is 2. The van der Waals surface area contributed by atoms with E-state index >= 15 is 0 Å². The molecule has 0 aliphatic carbocycles. The molecule has 0 spiro atoms. The summed E-state index contributed by atoms with van der Waals surface area (Å²) in [5.41, 5.74) is 0. The van der Waals surface area contributed by atoms with Gasteiger partial charge in [-0.2, -0.15) is 13.6 Å². The van der Waals surface area contributed by atoms with Gasteiger partial charge in [0.25, 0.3) is 10.1 Å². The molecule has 1 aromatic heterocycles. The largest absolute Gasteiger partial charge is 1.00 e. The van der Waals surface area contributed by atoms with E-state index in [1.807, 2.05) is 0 Å². The van der Waals surface area contributed by atoms with Crippen LogP contribution >= 0.6 is 12.2 Å². The Balaban J connectivity index is 0. The first-order valence-corrected chi connectivity index (χ1v) is 4.44. The zero-order valence-electron chi connectivity index (χ0n) is 7.13. The molecule has 0 radical (unpaired) electrons. The van der Waals surface area contributed by atoms with E-state index in [1.54, 1.807) is 0 Å². The summed E-state index contributed by atoms with van der Waals surface area (Å²) in [5.74, 6) is -0.654. The third-order valence-electron chi connectivity index (χ3n) is 0.824. The SMILES string of the molecule is O=S(=O)(O)Cn1[nH]nnc1=S.[Na+].[Na+]. The van der Waals surface area contributed by atoms with Gasteiger partial charge in [0.05, 0.1) is 0 Å². The first kappa shape index (κ1) is 16.6. The normalized spacial score (nSPS) is 9.92. The number of aromatic amines is 1. The molecule has 7 nitrogen and oxygen atoms in total. The van der Waals surface area contributed by atoms with Crippen molar-refractivity contribution < 1.29 is 72.1 Å². The molecule has 0 unspecified atom stereocenters. The van der Waals surface area contributed by atoms with E-state index < -0.39 is 16.0 Å². The van der Waals surface area contributed by atoms with Gasteiger partial charge in [-0.05, 0) is 12.2 Å². The van der Waals surface area contributed by atoms with Crippen molar-refractivity contribution in [3.63, 3.8) is 0 Å². The number of hydrogen-bond acceptors (Lipinski definition) is 5. The molecule has 0 saturated heterocycles. The maximum Gasteiger partial charge on any atom is 1.00 e. The molecule has 0 fully saturated rings. The second kappa shape index (κ2) is 6.64. The Labute approximate surface area is 124 Å². The van der Waals surface area contributed by atoms with Crippen molar-refractivity contribution in [3.8, 4) is 0 Å². The molecule has 1 aromatic rings. The maximum atomic E-state index is 10.3. The van der Waals surface area contributed by atoms with Crippen LogP contribution in [0.2, 0.25) is 0 Å². The smallest absolute Gasteiger partial charge is 0.284 e. The van der Waals surface area contributed by atoms with Gasteiger partial charge in [0, 0.05) is 0 Å². The van der Waals surface area contributed by atoms with Crippen molar-refractivity contribution in [1.29, 1.82) is 0 Å². The Morgan fingerprint density at radius 2 is 2.08 bits per heavy atom. The van der Waals surface area contributed by atoms with Gasteiger partial charge in [-0.15, -0.1) is 0 Å². The van der Waals surface area contributed by atoms with E-state index in [0.717, 1.165) is 4.68 Å². The molecule has 62 valence electrons. The molecule has 1 rings (SSSR count). The van der Waals surface area contributed by atoms with Gasteiger partial charge in [0.2, 0.25) is 4.77 Å². The number of H-pyrrole nitrogens is 1. The molecule has 13 heavy (non-hydrogen) atoms. The van der Waals surface area contributed by atoms with Crippen LogP contribution in [0.1, 0.15) is 0 Å². The Hall–Kier alpha value is 1.20. The van der Waals surface area contributed by atoms with Crippen molar-refractivity contribution in [2.45, 2.75) is 5.88 Å². The molecule has 0 atom stereocenters. The average Bonchev–Trinajstić information content (AvgIpc) is 2.12. The van der Waals surface area contributed by atoms with Crippen LogP contribution in [-0.2, 0) is 16.0 Å². The molecular formula is C2H4N4Na2O3S2+2. The first-order valence-electron chi connectivity index (χ1n) is 2.42. The van der Waals surface area contributed by atoms with Crippen LogP contribution in [0.15, 0.2) is 0 Å². The number of tetrazole rings is 1. The van der Waals surface area contributed by atoms with E-state index in [4.69, 9.17) is 4.55 Å². The van der Waals surface area contributed by atoms with Gasteiger partial charge in [0.1, 0.15) is 0 Å². The Bertz CT molecular complexity index is 396. The fraction of sp³-hybridized carbons (Fsp3) is 0.500. The molecule has 0 saturated carbocycles.